The van der Waals surface area contributed by atoms with Crippen molar-refractivity contribution in [2.45, 2.75) is 99.9 Å². The molecule has 30 heavy (non-hydrogen) atoms. The number of carbonyl (C=O) groups excluding carboxylic acids is 1. The zero-order chi connectivity index (χ0) is 23.3. The predicted octanol–water partition coefficient (Wildman–Crippen LogP) is 7.15. The van der Waals surface area contributed by atoms with Crippen molar-refractivity contribution in [1.29, 1.82) is 0 Å². The van der Waals surface area contributed by atoms with E-state index >= 15 is 0 Å². The Morgan fingerprint density at radius 3 is 2.30 bits per heavy atom. The van der Waals surface area contributed by atoms with Gasteiger partial charge in [-0.25, -0.2) is 0 Å². The van der Waals surface area contributed by atoms with Crippen LogP contribution in [0.3, 0.4) is 0 Å². The van der Waals surface area contributed by atoms with E-state index in [0.29, 0.717) is 24.4 Å². The van der Waals surface area contributed by atoms with Crippen molar-refractivity contribution in [3.8, 4) is 0 Å². The average molecular weight is 435 g/mol. The molecule has 4 heteroatoms. The largest absolute Gasteiger partial charge is 0.466 e. The van der Waals surface area contributed by atoms with Gasteiger partial charge in [-0.05, 0) is 64.1 Å². The Labute approximate surface area is 186 Å². The first kappa shape index (κ1) is 25.4. The number of ether oxygens (including phenoxy) is 1. The van der Waals surface area contributed by atoms with Crippen LogP contribution in [0.25, 0.3) is 0 Å². The number of esters is 1. The van der Waals surface area contributed by atoms with Gasteiger partial charge in [-0.15, -0.1) is 0 Å². The lowest BCUT2D eigenvalue weighted by atomic mass is 9.83. The summed E-state index contributed by atoms with van der Waals surface area (Å²) in [5.41, 5.74) is 2.26. The molecule has 0 radical (unpaired) electrons. The summed E-state index contributed by atoms with van der Waals surface area (Å²) in [6.07, 6.45) is 6.00. The third-order valence-electron chi connectivity index (χ3n) is 8.61. The van der Waals surface area contributed by atoms with Gasteiger partial charge in [-0.2, -0.15) is 0 Å². The molecule has 3 nitrogen and oxygen atoms in total. The van der Waals surface area contributed by atoms with Crippen molar-refractivity contribution in [1.82, 2.24) is 0 Å². The zero-order valence-corrected chi connectivity index (χ0v) is 22.6. The quantitative estimate of drug-likeness (QED) is 0.231. The second-order valence-electron chi connectivity index (χ2n) is 11.6. The van der Waals surface area contributed by atoms with Crippen LogP contribution in [0.2, 0.25) is 18.1 Å². The molecule has 1 fully saturated rings. The highest BCUT2D eigenvalue weighted by molar-refractivity contribution is 6.74. The second kappa shape index (κ2) is 8.24. The lowest BCUT2D eigenvalue weighted by molar-refractivity contribution is -0.150. The lowest BCUT2D eigenvalue weighted by Crippen LogP contribution is -2.45. The molecule has 0 heterocycles. The molecule has 2 aliphatic carbocycles. The first-order chi connectivity index (χ1) is 13.6. The van der Waals surface area contributed by atoms with Crippen molar-refractivity contribution in [3.05, 3.63) is 23.3 Å². The molecule has 0 N–H and O–H groups in total. The Hall–Kier alpha value is -0.873. The summed E-state index contributed by atoms with van der Waals surface area (Å²) in [6, 6.07) is 0. The van der Waals surface area contributed by atoms with E-state index in [1.165, 1.54) is 11.1 Å². The van der Waals surface area contributed by atoms with Crippen molar-refractivity contribution in [3.63, 3.8) is 0 Å². The summed E-state index contributed by atoms with van der Waals surface area (Å²) in [4.78, 5) is 12.8. The summed E-state index contributed by atoms with van der Waals surface area (Å²) < 4.78 is 12.2. The van der Waals surface area contributed by atoms with E-state index in [1.54, 1.807) is 0 Å². The SMILES string of the molecule is CCOC(=O)[C@]1(C)[C@H]2[C@H](/C(C)=C/[C@@H](C)[C@@H](CC)O[Si](C)(C)C(C)(C)C)C(C)=C[C@]21C. The van der Waals surface area contributed by atoms with E-state index in [9.17, 15) is 4.79 Å². The number of carbonyl (C=O) groups is 1. The minimum atomic E-state index is -1.81. The fourth-order valence-electron chi connectivity index (χ4n) is 5.61. The molecule has 172 valence electrons. The van der Waals surface area contributed by atoms with Gasteiger partial charge in [0.05, 0.1) is 18.1 Å². The Balaban J connectivity index is 2.24. The van der Waals surface area contributed by atoms with E-state index in [4.69, 9.17) is 9.16 Å². The van der Waals surface area contributed by atoms with Crippen LogP contribution in [0.5, 0.6) is 0 Å². The summed E-state index contributed by atoms with van der Waals surface area (Å²) in [6.45, 7) is 27.2. The number of fused-ring (bicyclic) bond motifs is 1. The van der Waals surface area contributed by atoms with Crippen LogP contribution in [0.15, 0.2) is 23.3 Å². The number of rotatable bonds is 8. The van der Waals surface area contributed by atoms with E-state index in [0.717, 1.165) is 6.42 Å². The Morgan fingerprint density at radius 1 is 1.27 bits per heavy atom. The summed E-state index contributed by atoms with van der Waals surface area (Å²) >= 11 is 0. The van der Waals surface area contributed by atoms with Crippen LogP contribution < -0.4 is 0 Å². The van der Waals surface area contributed by atoms with Crippen LogP contribution in [0.4, 0.5) is 0 Å². The minimum absolute atomic E-state index is 0.0419. The minimum Gasteiger partial charge on any atom is -0.466 e. The average Bonchev–Trinajstić information content (AvgIpc) is 2.92. The zero-order valence-electron chi connectivity index (χ0n) is 21.6. The first-order valence-corrected chi connectivity index (χ1v) is 14.7. The molecule has 0 bridgehead atoms. The van der Waals surface area contributed by atoms with Crippen LogP contribution >= 0.6 is 0 Å². The third kappa shape index (κ3) is 3.99. The van der Waals surface area contributed by atoms with Gasteiger partial charge in [-0.1, -0.05) is 64.8 Å². The molecule has 2 aliphatic rings. The van der Waals surface area contributed by atoms with Gasteiger partial charge >= 0.3 is 5.97 Å². The maximum Gasteiger partial charge on any atom is 0.313 e. The fraction of sp³-hybridized carbons (Fsp3) is 0.808. The van der Waals surface area contributed by atoms with Gasteiger partial charge in [0.1, 0.15) is 0 Å². The van der Waals surface area contributed by atoms with Gasteiger partial charge < -0.3 is 9.16 Å². The summed E-state index contributed by atoms with van der Waals surface area (Å²) in [5.74, 6) is 0.919. The van der Waals surface area contributed by atoms with E-state index in [-0.39, 0.29) is 22.5 Å². The van der Waals surface area contributed by atoms with Gasteiger partial charge in [-0.3, -0.25) is 4.79 Å². The first-order valence-electron chi connectivity index (χ1n) is 11.8. The monoisotopic (exact) mass is 434 g/mol. The number of allylic oxidation sites excluding steroid dienone is 3. The molecule has 2 rings (SSSR count). The van der Waals surface area contributed by atoms with Crippen molar-refractivity contribution in [2.24, 2.45) is 28.6 Å². The molecule has 0 spiro atoms. The van der Waals surface area contributed by atoms with Gasteiger partial charge in [0.15, 0.2) is 8.32 Å². The van der Waals surface area contributed by atoms with Crippen LogP contribution in [-0.4, -0.2) is 27.0 Å². The van der Waals surface area contributed by atoms with E-state index < -0.39 is 13.7 Å². The molecule has 0 saturated heterocycles. The molecule has 0 amide bonds. The van der Waals surface area contributed by atoms with Gasteiger partial charge in [0.25, 0.3) is 0 Å². The van der Waals surface area contributed by atoms with E-state index in [1.807, 2.05) is 6.92 Å². The summed E-state index contributed by atoms with van der Waals surface area (Å²) in [7, 11) is -1.81. The molecule has 0 unspecified atom stereocenters. The molecular formula is C26H46O3Si. The Kier molecular flexibility index (Phi) is 6.97. The smallest absolute Gasteiger partial charge is 0.313 e. The molecule has 0 aromatic heterocycles. The van der Waals surface area contributed by atoms with Crippen molar-refractivity contribution >= 4 is 14.3 Å². The topological polar surface area (TPSA) is 35.5 Å². The summed E-state index contributed by atoms with van der Waals surface area (Å²) in [5, 5.41) is 0.209. The van der Waals surface area contributed by atoms with Crippen molar-refractivity contribution < 1.29 is 14.0 Å². The highest BCUT2D eigenvalue weighted by Gasteiger charge is 2.79. The second-order valence-corrected chi connectivity index (χ2v) is 16.4. The number of hydrogen-bond acceptors (Lipinski definition) is 3. The molecular weight excluding hydrogens is 388 g/mol. The molecule has 6 atom stereocenters. The normalized spacial score (nSPS) is 33.6. The highest BCUT2D eigenvalue weighted by atomic mass is 28.4. The van der Waals surface area contributed by atoms with Crippen molar-refractivity contribution in [2.75, 3.05) is 6.61 Å². The standard InChI is InChI=1S/C26H46O3Si/c1-13-20(29-30(11,12)24(6,7)8)17(3)15-18(4)21-19(5)16-25(9)22(21)26(25,10)23(27)28-14-2/h15-17,20-22H,13-14H2,1-12H3/b18-15+/t17-,20-,21-,22+,25-,26+/m1/s1. The molecule has 1 saturated carbocycles. The molecule has 0 aromatic rings. The Bertz CT molecular complexity index is 729. The van der Waals surface area contributed by atoms with Gasteiger partial charge in [0.2, 0.25) is 0 Å². The maximum atomic E-state index is 12.8. The molecule has 0 aromatic carbocycles. The van der Waals surface area contributed by atoms with E-state index in [2.05, 4.69) is 87.6 Å². The van der Waals surface area contributed by atoms with Crippen LogP contribution in [0, 0.1) is 28.6 Å². The van der Waals surface area contributed by atoms with Crippen LogP contribution in [-0.2, 0) is 14.0 Å². The number of hydrogen-bond donors (Lipinski definition) is 0. The molecule has 0 aliphatic heterocycles. The third-order valence-corrected chi connectivity index (χ3v) is 13.1. The Morgan fingerprint density at radius 2 is 1.83 bits per heavy atom. The van der Waals surface area contributed by atoms with Crippen LogP contribution in [0.1, 0.15) is 75.7 Å². The fourth-order valence-corrected chi connectivity index (χ4v) is 7.10. The maximum absolute atomic E-state index is 12.8. The highest BCUT2D eigenvalue weighted by Crippen LogP contribution is 2.78. The van der Waals surface area contributed by atoms with Gasteiger partial charge in [0, 0.05) is 11.3 Å². The lowest BCUT2D eigenvalue weighted by Gasteiger charge is -2.40. The predicted molar refractivity (Wildman–Crippen MR) is 129 cm³/mol.